The van der Waals surface area contributed by atoms with Gasteiger partial charge in [0.25, 0.3) is 0 Å². The number of unbranched alkanes of at least 4 members (excludes halogenated alkanes) is 5. The fourth-order valence-electron chi connectivity index (χ4n) is 2.79. The number of hydrogen-bond donors (Lipinski definition) is 1. The second-order valence-electron chi connectivity index (χ2n) is 9.87. The van der Waals surface area contributed by atoms with Gasteiger partial charge in [0, 0.05) is 13.5 Å². The van der Waals surface area contributed by atoms with Crippen LogP contribution >= 0.6 is 0 Å². The van der Waals surface area contributed by atoms with Crippen molar-refractivity contribution in [1.82, 2.24) is 0 Å². The number of methoxy groups -OCH3 is 2. The van der Waals surface area contributed by atoms with Gasteiger partial charge in [-0.1, -0.05) is 58.0 Å². The molecule has 0 spiro atoms. The van der Waals surface area contributed by atoms with Gasteiger partial charge in [-0.2, -0.15) is 0 Å². The van der Waals surface area contributed by atoms with Crippen molar-refractivity contribution in [3.8, 4) is 23.7 Å². The third-order valence-corrected chi connectivity index (χ3v) is 10.4. The fraction of sp³-hybridized carbons (Fsp3) is 0.741. The van der Waals surface area contributed by atoms with E-state index < -0.39 is 20.5 Å². The molecule has 0 saturated carbocycles. The van der Waals surface area contributed by atoms with E-state index in [1.165, 1.54) is 7.11 Å². The SMILES string of the molecule is COCO[C@@H](C#CC#C[C@H](O)/C=C\CCCCCCCC(=O)OC)[C@@H](C)O[Si](C)(C)C(C)(C)C. The average Bonchev–Trinajstić information content (AvgIpc) is 2.75. The molecule has 0 aliphatic carbocycles. The summed E-state index contributed by atoms with van der Waals surface area (Å²) >= 11 is 0. The molecule has 0 rings (SSSR count). The first-order chi connectivity index (χ1) is 15.9. The molecule has 0 aliphatic heterocycles. The number of aliphatic hydroxyl groups excluding tert-OH is 1. The average molecular weight is 495 g/mol. The number of hydrogen-bond acceptors (Lipinski definition) is 6. The van der Waals surface area contributed by atoms with Gasteiger partial charge in [0.1, 0.15) is 19.0 Å². The lowest BCUT2D eigenvalue weighted by atomic mass is 10.1. The second-order valence-corrected chi connectivity index (χ2v) is 14.6. The highest BCUT2D eigenvalue weighted by molar-refractivity contribution is 6.74. The lowest BCUT2D eigenvalue weighted by molar-refractivity contribution is -0.140. The summed E-state index contributed by atoms with van der Waals surface area (Å²) in [5.41, 5.74) is 0. The Morgan fingerprint density at radius 3 is 2.26 bits per heavy atom. The molecule has 34 heavy (non-hydrogen) atoms. The summed E-state index contributed by atoms with van der Waals surface area (Å²) in [6.45, 7) is 13.0. The maximum absolute atomic E-state index is 11.0. The zero-order valence-electron chi connectivity index (χ0n) is 22.5. The Morgan fingerprint density at radius 2 is 1.65 bits per heavy atom. The molecule has 6 nitrogen and oxygen atoms in total. The Hall–Kier alpha value is -1.61. The van der Waals surface area contributed by atoms with E-state index in [1.807, 2.05) is 13.0 Å². The molecule has 0 aromatic heterocycles. The molecule has 0 aliphatic rings. The first-order valence-corrected chi connectivity index (χ1v) is 15.1. The normalized spacial score (nSPS) is 14.5. The highest BCUT2D eigenvalue weighted by Crippen LogP contribution is 2.37. The summed E-state index contributed by atoms with van der Waals surface area (Å²) in [7, 11) is 1.02. The molecule has 0 aromatic rings. The van der Waals surface area contributed by atoms with Crippen LogP contribution in [0.5, 0.6) is 0 Å². The van der Waals surface area contributed by atoms with E-state index in [-0.39, 0.29) is 23.9 Å². The zero-order chi connectivity index (χ0) is 26.0. The molecule has 7 heteroatoms. The van der Waals surface area contributed by atoms with Crippen molar-refractivity contribution in [3.63, 3.8) is 0 Å². The van der Waals surface area contributed by atoms with Crippen LogP contribution in [0.15, 0.2) is 12.2 Å². The summed E-state index contributed by atoms with van der Waals surface area (Å²) in [5.74, 6) is 11.1. The fourth-order valence-corrected chi connectivity index (χ4v) is 4.20. The molecule has 0 saturated heterocycles. The van der Waals surface area contributed by atoms with Crippen molar-refractivity contribution in [2.45, 2.75) is 109 Å². The summed E-state index contributed by atoms with van der Waals surface area (Å²) in [6.07, 6.45) is 8.59. The molecule has 0 amide bonds. The maximum Gasteiger partial charge on any atom is 0.305 e. The summed E-state index contributed by atoms with van der Waals surface area (Å²) in [4.78, 5) is 11.0. The van der Waals surface area contributed by atoms with Crippen molar-refractivity contribution in [2.24, 2.45) is 0 Å². The van der Waals surface area contributed by atoms with Crippen LogP contribution in [0.1, 0.15) is 72.6 Å². The number of aliphatic hydroxyl groups is 1. The number of allylic oxidation sites excluding steroid dienone is 1. The molecule has 3 atom stereocenters. The van der Waals surface area contributed by atoms with Gasteiger partial charge in [-0.05, 0) is 62.2 Å². The lowest BCUT2D eigenvalue weighted by Gasteiger charge is -2.39. The van der Waals surface area contributed by atoms with Crippen molar-refractivity contribution in [3.05, 3.63) is 12.2 Å². The number of rotatable bonds is 15. The van der Waals surface area contributed by atoms with Gasteiger partial charge in [0.15, 0.2) is 8.32 Å². The smallest absolute Gasteiger partial charge is 0.305 e. The van der Waals surface area contributed by atoms with Crippen LogP contribution in [0.3, 0.4) is 0 Å². The van der Waals surface area contributed by atoms with E-state index in [1.54, 1.807) is 13.2 Å². The molecule has 0 aromatic carbocycles. The number of carbonyl (C=O) groups excluding carboxylic acids is 1. The van der Waals surface area contributed by atoms with E-state index in [9.17, 15) is 9.90 Å². The molecule has 0 bridgehead atoms. The van der Waals surface area contributed by atoms with Crippen molar-refractivity contribution < 1.29 is 28.5 Å². The van der Waals surface area contributed by atoms with Crippen molar-refractivity contribution in [2.75, 3.05) is 21.0 Å². The largest absolute Gasteiger partial charge is 0.469 e. The topological polar surface area (TPSA) is 74.2 Å². The van der Waals surface area contributed by atoms with Crippen LogP contribution in [0.25, 0.3) is 0 Å². The van der Waals surface area contributed by atoms with Gasteiger partial charge in [-0.15, -0.1) is 0 Å². The number of carbonyl (C=O) groups is 1. The van der Waals surface area contributed by atoms with Gasteiger partial charge in [0.2, 0.25) is 0 Å². The maximum atomic E-state index is 11.0. The van der Waals surface area contributed by atoms with Crippen LogP contribution in [0.2, 0.25) is 18.1 Å². The summed E-state index contributed by atoms with van der Waals surface area (Å²) in [6, 6.07) is 0. The van der Waals surface area contributed by atoms with Gasteiger partial charge < -0.3 is 23.7 Å². The van der Waals surface area contributed by atoms with Crippen LogP contribution < -0.4 is 0 Å². The summed E-state index contributed by atoms with van der Waals surface area (Å²) in [5, 5.41) is 10.1. The molecule has 0 heterocycles. The standard InChI is InChI=1S/C27H46O6Si/c1-23(33-34(7,8)27(2,3)4)25(32-22-30-5)20-17-16-19-24(28)18-14-12-10-9-11-13-15-21-26(29)31-6/h14,18,23-25,28H,9-13,15,21-22H2,1-8H3/b18-14-/t23-,24-,25+/m1/s1. The quantitative estimate of drug-likeness (QED) is 0.0841. The minimum atomic E-state index is -1.97. The Morgan fingerprint density at radius 1 is 1.03 bits per heavy atom. The van der Waals surface area contributed by atoms with E-state index in [0.29, 0.717) is 6.42 Å². The first kappa shape index (κ1) is 32.4. The Kier molecular flexibility index (Phi) is 16.9. The van der Waals surface area contributed by atoms with Gasteiger partial charge in [0.05, 0.1) is 13.2 Å². The Labute approximate surface area is 208 Å². The molecule has 1 N–H and O–H groups in total. The van der Waals surface area contributed by atoms with Crippen LogP contribution in [0, 0.1) is 23.7 Å². The summed E-state index contributed by atoms with van der Waals surface area (Å²) < 4.78 is 21.7. The van der Waals surface area contributed by atoms with E-state index in [4.69, 9.17) is 13.9 Å². The van der Waals surface area contributed by atoms with Crippen LogP contribution in [0.4, 0.5) is 0 Å². The van der Waals surface area contributed by atoms with E-state index in [2.05, 4.69) is 62.3 Å². The van der Waals surface area contributed by atoms with Gasteiger partial charge in [-0.25, -0.2) is 0 Å². The van der Waals surface area contributed by atoms with Crippen molar-refractivity contribution in [1.29, 1.82) is 0 Å². The van der Waals surface area contributed by atoms with Crippen LogP contribution in [-0.4, -0.2) is 58.7 Å². The molecule has 194 valence electrons. The monoisotopic (exact) mass is 494 g/mol. The predicted molar refractivity (Wildman–Crippen MR) is 140 cm³/mol. The lowest BCUT2D eigenvalue weighted by Crippen LogP contribution is -2.46. The number of esters is 1. The van der Waals surface area contributed by atoms with E-state index >= 15 is 0 Å². The zero-order valence-corrected chi connectivity index (χ0v) is 23.5. The highest BCUT2D eigenvalue weighted by Gasteiger charge is 2.39. The molecule has 0 unspecified atom stereocenters. The first-order valence-electron chi connectivity index (χ1n) is 12.2. The predicted octanol–water partition coefficient (Wildman–Crippen LogP) is 5.21. The minimum absolute atomic E-state index is 0.0846. The van der Waals surface area contributed by atoms with Gasteiger partial charge >= 0.3 is 5.97 Å². The Bertz CT molecular complexity index is 717. The van der Waals surface area contributed by atoms with Crippen LogP contribution in [-0.2, 0) is 23.4 Å². The highest BCUT2D eigenvalue weighted by atomic mass is 28.4. The minimum Gasteiger partial charge on any atom is -0.469 e. The van der Waals surface area contributed by atoms with E-state index in [0.717, 1.165) is 38.5 Å². The molecular formula is C27H46O6Si. The van der Waals surface area contributed by atoms with Gasteiger partial charge in [-0.3, -0.25) is 4.79 Å². The second kappa shape index (κ2) is 17.8. The molecule has 0 fully saturated rings. The third-order valence-electron chi connectivity index (χ3n) is 5.87. The number of ether oxygens (including phenoxy) is 3. The Balaban J connectivity index is 4.53. The molecular weight excluding hydrogens is 448 g/mol. The van der Waals surface area contributed by atoms with Crippen molar-refractivity contribution >= 4 is 14.3 Å². The molecule has 0 radical (unpaired) electrons. The third kappa shape index (κ3) is 15.3.